The summed E-state index contributed by atoms with van der Waals surface area (Å²) in [6.07, 6.45) is 5.86. The molecule has 3 heterocycles. The first-order valence-corrected chi connectivity index (χ1v) is 7.02. The highest BCUT2D eigenvalue weighted by Gasteiger charge is 2.41. The second kappa shape index (κ2) is 4.24. The van der Waals surface area contributed by atoms with Crippen LogP contribution in [0.5, 0.6) is 0 Å². The van der Waals surface area contributed by atoms with Crippen molar-refractivity contribution in [3.63, 3.8) is 0 Å². The fraction of sp³-hybridized carbons (Fsp3) is 0.636. The molecule has 2 bridgehead atoms. The number of nitrogens with one attached hydrogen (secondary N) is 1. The van der Waals surface area contributed by atoms with Crippen LogP contribution < -0.4 is 16.2 Å². The van der Waals surface area contributed by atoms with E-state index in [0.29, 0.717) is 21.7 Å². The number of anilines is 1. The first kappa shape index (κ1) is 11.5. The normalized spacial score (nSPS) is 31.9. The molecule has 3 rings (SSSR count). The average Bonchev–Trinajstić information content (AvgIpc) is 2.55. The number of H-pyrrole nitrogens is 1. The standard InChI is InChI=1S/C11H15IN4O/c12-9-10(14-5-15-11(9)17)16-7-1-2-8(16)4-6(13)3-7/h5-8H,1-4,13H2,(H,14,15,17). The Morgan fingerprint density at radius 2 is 2.06 bits per heavy atom. The summed E-state index contributed by atoms with van der Waals surface area (Å²) in [5.74, 6) is 0.841. The Balaban J connectivity index is 2.00. The number of rotatable bonds is 1. The molecule has 1 aromatic heterocycles. The fourth-order valence-corrected chi connectivity index (χ4v) is 3.69. The van der Waals surface area contributed by atoms with Crippen LogP contribution in [0.1, 0.15) is 25.7 Å². The number of hydrogen-bond donors (Lipinski definition) is 2. The van der Waals surface area contributed by atoms with Crippen molar-refractivity contribution < 1.29 is 0 Å². The summed E-state index contributed by atoms with van der Waals surface area (Å²) in [7, 11) is 0. The van der Waals surface area contributed by atoms with Crippen LogP contribution in [0.15, 0.2) is 11.1 Å². The van der Waals surface area contributed by atoms with Gasteiger partial charge >= 0.3 is 0 Å². The Hall–Kier alpha value is -0.630. The molecule has 3 N–H and O–H groups in total. The summed E-state index contributed by atoms with van der Waals surface area (Å²) >= 11 is 2.08. The average molecular weight is 346 g/mol. The maximum absolute atomic E-state index is 11.6. The lowest BCUT2D eigenvalue weighted by Crippen LogP contribution is -2.48. The highest BCUT2D eigenvalue weighted by Crippen LogP contribution is 2.38. The van der Waals surface area contributed by atoms with Crippen LogP contribution in [0.3, 0.4) is 0 Å². The quantitative estimate of drug-likeness (QED) is 0.739. The van der Waals surface area contributed by atoms with E-state index in [1.807, 2.05) is 0 Å². The molecule has 0 saturated carbocycles. The van der Waals surface area contributed by atoms with Gasteiger partial charge in [-0.2, -0.15) is 0 Å². The number of nitrogens with two attached hydrogens (primary N) is 1. The van der Waals surface area contributed by atoms with Crippen LogP contribution in [0.2, 0.25) is 0 Å². The summed E-state index contributed by atoms with van der Waals surface area (Å²) in [5.41, 5.74) is 6.00. The first-order chi connectivity index (χ1) is 8.16. The fourth-order valence-electron chi connectivity index (χ4n) is 3.12. The molecule has 0 aromatic carbocycles. The number of aromatic nitrogens is 2. The molecular weight excluding hydrogens is 331 g/mol. The van der Waals surface area contributed by atoms with E-state index >= 15 is 0 Å². The number of halogens is 1. The van der Waals surface area contributed by atoms with Crippen LogP contribution in [-0.4, -0.2) is 28.1 Å². The van der Waals surface area contributed by atoms with Gasteiger partial charge in [0.05, 0.1) is 6.33 Å². The van der Waals surface area contributed by atoms with E-state index in [0.717, 1.165) is 18.7 Å². The molecule has 0 amide bonds. The van der Waals surface area contributed by atoms with Crippen LogP contribution >= 0.6 is 22.6 Å². The first-order valence-electron chi connectivity index (χ1n) is 5.94. The molecule has 2 saturated heterocycles. The van der Waals surface area contributed by atoms with Crippen LogP contribution in [0.4, 0.5) is 5.82 Å². The molecule has 92 valence electrons. The Morgan fingerprint density at radius 3 is 2.71 bits per heavy atom. The number of hydrogen-bond acceptors (Lipinski definition) is 4. The van der Waals surface area contributed by atoms with Gasteiger partial charge in [0.1, 0.15) is 9.39 Å². The molecule has 0 spiro atoms. The maximum Gasteiger partial charge on any atom is 0.266 e. The number of aromatic amines is 1. The van der Waals surface area contributed by atoms with Crippen molar-refractivity contribution in [2.75, 3.05) is 4.90 Å². The molecule has 2 fully saturated rings. The molecule has 2 aliphatic heterocycles. The van der Waals surface area contributed by atoms with Gasteiger partial charge in [-0.05, 0) is 48.3 Å². The number of fused-ring (bicyclic) bond motifs is 2. The molecule has 0 radical (unpaired) electrons. The molecule has 5 nitrogen and oxygen atoms in total. The summed E-state index contributed by atoms with van der Waals surface area (Å²) in [4.78, 5) is 20.9. The summed E-state index contributed by atoms with van der Waals surface area (Å²) in [5, 5.41) is 0. The zero-order chi connectivity index (χ0) is 12.0. The largest absolute Gasteiger partial charge is 0.349 e. The molecule has 17 heavy (non-hydrogen) atoms. The monoisotopic (exact) mass is 346 g/mol. The third-order valence-corrected chi connectivity index (χ3v) is 4.76. The Morgan fingerprint density at radius 1 is 1.41 bits per heavy atom. The van der Waals surface area contributed by atoms with Crippen molar-refractivity contribution >= 4 is 28.4 Å². The smallest absolute Gasteiger partial charge is 0.266 e. The molecular formula is C11H15IN4O. The van der Waals surface area contributed by atoms with E-state index in [4.69, 9.17) is 5.73 Å². The van der Waals surface area contributed by atoms with Gasteiger partial charge in [-0.15, -0.1) is 0 Å². The lowest BCUT2D eigenvalue weighted by atomic mass is 9.98. The van der Waals surface area contributed by atoms with E-state index in [-0.39, 0.29) is 5.56 Å². The van der Waals surface area contributed by atoms with Gasteiger partial charge in [0.25, 0.3) is 5.56 Å². The van der Waals surface area contributed by atoms with Crippen LogP contribution in [-0.2, 0) is 0 Å². The molecule has 2 unspecified atom stereocenters. The minimum absolute atomic E-state index is 0.0510. The van der Waals surface area contributed by atoms with E-state index in [2.05, 4.69) is 37.5 Å². The van der Waals surface area contributed by atoms with Gasteiger partial charge in [-0.25, -0.2) is 4.98 Å². The lowest BCUT2D eigenvalue weighted by molar-refractivity contribution is 0.411. The van der Waals surface area contributed by atoms with E-state index in [1.165, 1.54) is 19.2 Å². The van der Waals surface area contributed by atoms with Crippen molar-refractivity contribution in [3.05, 3.63) is 20.3 Å². The van der Waals surface area contributed by atoms with Crippen molar-refractivity contribution in [1.82, 2.24) is 9.97 Å². The van der Waals surface area contributed by atoms with Gasteiger partial charge in [-0.3, -0.25) is 4.79 Å². The SMILES string of the molecule is NC1CC2CCC(C1)N2c1nc[nH]c(=O)c1I. The van der Waals surface area contributed by atoms with Crippen molar-refractivity contribution in [1.29, 1.82) is 0 Å². The second-order valence-corrected chi connectivity index (χ2v) is 5.97. The zero-order valence-corrected chi connectivity index (χ0v) is 11.6. The van der Waals surface area contributed by atoms with Gasteiger partial charge in [0.15, 0.2) is 0 Å². The Kier molecular flexibility index (Phi) is 2.86. The molecule has 6 heteroatoms. The lowest BCUT2D eigenvalue weighted by Gasteiger charge is -2.38. The summed E-state index contributed by atoms with van der Waals surface area (Å²) in [6.45, 7) is 0. The van der Waals surface area contributed by atoms with Crippen molar-refractivity contribution in [2.45, 2.75) is 43.8 Å². The minimum Gasteiger partial charge on any atom is -0.349 e. The van der Waals surface area contributed by atoms with E-state index in [9.17, 15) is 4.79 Å². The van der Waals surface area contributed by atoms with Gasteiger partial charge in [0, 0.05) is 18.1 Å². The number of nitrogens with zero attached hydrogens (tertiary/aromatic N) is 2. The van der Waals surface area contributed by atoms with Gasteiger partial charge < -0.3 is 15.6 Å². The second-order valence-electron chi connectivity index (χ2n) is 4.89. The van der Waals surface area contributed by atoms with Crippen molar-refractivity contribution in [2.24, 2.45) is 5.73 Å². The van der Waals surface area contributed by atoms with E-state index < -0.39 is 0 Å². The molecule has 2 aliphatic rings. The van der Waals surface area contributed by atoms with Crippen LogP contribution in [0, 0.1) is 3.57 Å². The van der Waals surface area contributed by atoms with Crippen LogP contribution in [0.25, 0.3) is 0 Å². The van der Waals surface area contributed by atoms with E-state index in [1.54, 1.807) is 0 Å². The van der Waals surface area contributed by atoms with Gasteiger partial charge in [-0.1, -0.05) is 0 Å². The highest BCUT2D eigenvalue weighted by molar-refractivity contribution is 14.1. The summed E-state index contributed by atoms with van der Waals surface area (Å²) in [6, 6.07) is 1.24. The molecule has 1 aromatic rings. The third-order valence-electron chi connectivity index (χ3n) is 3.79. The third kappa shape index (κ3) is 1.87. The highest BCUT2D eigenvalue weighted by atomic mass is 127. The minimum atomic E-state index is -0.0510. The summed E-state index contributed by atoms with van der Waals surface area (Å²) < 4.78 is 0.692. The predicted octanol–water partition coefficient (Wildman–Crippen LogP) is 0.833. The maximum atomic E-state index is 11.6. The number of piperidine rings is 1. The Labute approximate surface area is 113 Å². The zero-order valence-electron chi connectivity index (χ0n) is 9.40. The van der Waals surface area contributed by atoms with Gasteiger partial charge in [0.2, 0.25) is 0 Å². The predicted molar refractivity (Wildman–Crippen MR) is 74.1 cm³/mol. The van der Waals surface area contributed by atoms with Crippen molar-refractivity contribution in [3.8, 4) is 0 Å². The molecule has 0 aliphatic carbocycles. The topological polar surface area (TPSA) is 75.0 Å². The Bertz CT molecular complexity index is 475. The molecule has 2 atom stereocenters.